The van der Waals surface area contributed by atoms with Crippen LogP contribution < -0.4 is 0 Å². The number of esters is 1. The van der Waals surface area contributed by atoms with Crippen LogP contribution in [0.5, 0.6) is 0 Å². The van der Waals surface area contributed by atoms with Crippen LogP contribution in [0.15, 0.2) is 104 Å². The number of imidazole rings is 1. The molecular weight excluding hydrogens is 630 g/mol. The lowest BCUT2D eigenvalue weighted by molar-refractivity contribution is -0.144. The number of nitrogens with zero attached hydrogens (tertiary/aromatic N) is 3. The number of carbonyl (C=O) groups is 3. The van der Waals surface area contributed by atoms with Gasteiger partial charge in [-0.15, -0.1) is 0 Å². The average molecular weight is 680 g/mol. The molecule has 1 aliphatic rings. The monoisotopic (exact) mass is 679 g/mol. The van der Waals surface area contributed by atoms with Crippen molar-refractivity contribution < 1.29 is 28.6 Å². The molecule has 0 saturated heterocycles. The Kier molecular flexibility index (Phi) is 10.3. The minimum absolute atomic E-state index is 0.0607. The van der Waals surface area contributed by atoms with Crippen molar-refractivity contribution in [3.63, 3.8) is 0 Å². The molecule has 1 fully saturated rings. The van der Waals surface area contributed by atoms with Gasteiger partial charge in [0.2, 0.25) is 0 Å². The van der Waals surface area contributed by atoms with E-state index in [1.807, 2.05) is 67.7 Å². The maximum atomic E-state index is 13.7. The third-order valence-electron chi connectivity index (χ3n) is 9.07. The van der Waals surface area contributed by atoms with Crippen LogP contribution in [0.3, 0.4) is 0 Å². The molecule has 0 N–H and O–H groups in total. The predicted molar refractivity (Wildman–Crippen MR) is 192 cm³/mol. The van der Waals surface area contributed by atoms with E-state index in [-0.39, 0.29) is 24.3 Å². The molecule has 0 spiro atoms. The van der Waals surface area contributed by atoms with Crippen LogP contribution in [-0.2, 0) is 30.0 Å². The second-order valence-corrected chi connectivity index (χ2v) is 15.3. The summed E-state index contributed by atoms with van der Waals surface area (Å²) in [6.07, 6.45) is 3.29. The molecule has 0 aliphatic heterocycles. The number of amides is 2. The molecule has 3 unspecified atom stereocenters. The van der Waals surface area contributed by atoms with Gasteiger partial charge in [-0.3, -0.25) is 4.79 Å². The second kappa shape index (κ2) is 14.1. The van der Waals surface area contributed by atoms with Crippen LogP contribution in [0.1, 0.15) is 83.7 Å². The lowest BCUT2D eigenvalue weighted by atomic mass is 9.76. The number of ether oxygens (including phenoxy) is 3. The van der Waals surface area contributed by atoms with Crippen LogP contribution in [0.2, 0.25) is 0 Å². The number of carbonyl (C=O) groups excluding carboxylic acids is 3. The van der Waals surface area contributed by atoms with E-state index in [0.717, 1.165) is 21.6 Å². The Labute approximate surface area is 295 Å². The minimum atomic E-state index is -0.979. The van der Waals surface area contributed by atoms with Crippen molar-refractivity contribution in [1.82, 2.24) is 14.5 Å². The first-order valence-corrected chi connectivity index (χ1v) is 17.1. The van der Waals surface area contributed by atoms with E-state index >= 15 is 0 Å². The fourth-order valence-corrected chi connectivity index (χ4v) is 6.92. The van der Waals surface area contributed by atoms with Crippen molar-refractivity contribution >= 4 is 18.2 Å². The van der Waals surface area contributed by atoms with Crippen LogP contribution in [0.25, 0.3) is 0 Å². The Balaban J connectivity index is 1.50. The van der Waals surface area contributed by atoms with Gasteiger partial charge in [-0.05, 0) is 82.9 Å². The summed E-state index contributed by atoms with van der Waals surface area (Å²) in [7, 11) is 1.40. The number of hydrogen-bond donors (Lipinski definition) is 0. The fraction of sp³-hybridized carbons (Fsp3) is 0.415. The van der Waals surface area contributed by atoms with Gasteiger partial charge in [-0.25, -0.2) is 19.5 Å². The minimum Gasteiger partial charge on any atom is -0.468 e. The van der Waals surface area contributed by atoms with Gasteiger partial charge in [0.25, 0.3) is 0 Å². The molecule has 50 heavy (non-hydrogen) atoms. The molecule has 3 atom stereocenters. The Hall–Kier alpha value is -4.92. The zero-order chi connectivity index (χ0) is 36.3. The first kappa shape index (κ1) is 36.4. The van der Waals surface area contributed by atoms with E-state index in [0.29, 0.717) is 18.5 Å². The smallest absolute Gasteiger partial charge is 0.419 e. The Morgan fingerprint density at radius 3 is 1.64 bits per heavy atom. The predicted octanol–water partition coefficient (Wildman–Crippen LogP) is 8.35. The summed E-state index contributed by atoms with van der Waals surface area (Å²) in [6.45, 7) is 12.5. The maximum Gasteiger partial charge on any atom is 0.419 e. The number of benzene rings is 3. The lowest BCUT2D eigenvalue weighted by Gasteiger charge is -2.37. The zero-order valence-corrected chi connectivity index (χ0v) is 30.4. The summed E-state index contributed by atoms with van der Waals surface area (Å²) in [5.41, 5.74) is 0.369. The highest BCUT2D eigenvalue weighted by molar-refractivity contribution is 5.88. The van der Waals surface area contributed by atoms with E-state index in [9.17, 15) is 14.4 Å². The Bertz CT molecular complexity index is 1650. The van der Waals surface area contributed by atoms with Gasteiger partial charge >= 0.3 is 18.2 Å². The van der Waals surface area contributed by atoms with Crippen LogP contribution >= 0.6 is 0 Å². The highest BCUT2D eigenvalue weighted by Gasteiger charge is 2.64. The van der Waals surface area contributed by atoms with E-state index in [2.05, 4.69) is 41.0 Å². The van der Waals surface area contributed by atoms with Crippen molar-refractivity contribution in [1.29, 1.82) is 0 Å². The Morgan fingerprint density at radius 1 is 0.800 bits per heavy atom. The number of methoxy groups -OCH3 is 1. The van der Waals surface area contributed by atoms with Gasteiger partial charge in [0.1, 0.15) is 22.2 Å². The summed E-state index contributed by atoms with van der Waals surface area (Å²) < 4.78 is 18.6. The normalized spacial score (nSPS) is 18.1. The third kappa shape index (κ3) is 7.47. The van der Waals surface area contributed by atoms with Gasteiger partial charge < -0.3 is 18.8 Å². The zero-order valence-electron chi connectivity index (χ0n) is 30.4. The SMILES string of the molecule is COC(=O)C1(c2cn(C(c3ccccc3)(c3ccccc3)c3ccccc3)cn2)CC1CC(C)CN(C(=O)OC(C)(C)C)C(=O)OC(C)(C)C. The molecule has 9 nitrogen and oxygen atoms in total. The number of imide groups is 1. The summed E-state index contributed by atoms with van der Waals surface area (Å²) in [5.74, 6) is -0.682. The quantitative estimate of drug-likeness (QED) is 0.0944. The number of hydrogen-bond acceptors (Lipinski definition) is 7. The molecule has 5 rings (SSSR count). The molecule has 1 aromatic heterocycles. The van der Waals surface area contributed by atoms with Crippen LogP contribution in [0.4, 0.5) is 9.59 Å². The first-order chi connectivity index (χ1) is 23.6. The fourth-order valence-electron chi connectivity index (χ4n) is 6.92. The van der Waals surface area contributed by atoms with Crippen LogP contribution in [-0.4, -0.2) is 57.5 Å². The third-order valence-corrected chi connectivity index (χ3v) is 9.07. The van der Waals surface area contributed by atoms with E-state index in [1.54, 1.807) is 47.9 Å². The topological polar surface area (TPSA) is 100.0 Å². The van der Waals surface area contributed by atoms with Crippen molar-refractivity contribution in [2.75, 3.05) is 13.7 Å². The van der Waals surface area contributed by atoms with Gasteiger partial charge in [-0.2, -0.15) is 0 Å². The molecule has 3 aromatic carbocycles. The van der Waals surface area contributed by atoms with Gasteiger partial charge in [-0.1, -0.05) is 97.9 Å². The lowest BCUT2D eigenvalue weighted by Crippen LogP contribution is -2.45. The number of aromatic nitrogens is 2. The van der Waals surface area contributed by atoms with Gasteiger partial charge in [0.05, 0.1) is 19.1 Å². The van der Waals surface area contributed by atoms with E-state index in [4.69, 9.17) is 19.2 Å². The van der Waals surface area contributed by atoms with Crippen molar-refractivity contribution in [3.8, 4) is 0 Å². The van der Waals surface area contributed by atoms with Crippen LogP contribution in [0, 0.1) is 11.8 Å². The second-order valence-electron chi connectivity index (χ2n) is 15.3. The Morgan fingerprint density at radius 2 is 1.24 bits per heavy atom. The molecule has 0 radical (unpaired) electrons. The van der Waals surface area contributed by atoms with Crippen molar-refractivity contribution in [3.05, 3.63) is 126 Å². The summed E-state index contributed by atoms with van der Waals surface area (Å²) in [4.78, 5) is 46.0. The molecule has 1 heterocycles. The summed E-state index contributed by atoms with van der Waals surface area (Å²) in [6, 6.07) is 30.8. The van der Waals surface area contributed by atoms with E-state index < -0.39 is 34.3 Å². The summed E-state index contributed by atoms with van der Waals surface area (Å²) >= 11 is 0. The number of rotatable bonds is 10. The molecule has 264 valence electrons. The largest absolute Gasteiger partial charge is 0.468 e. The highest BCUT2D eigenvalue weighted by Crippen LogP contribution is 2.58. The van der Waals surface area contributed by atoms with E-state index in [1.165, 1.54) is 7.11 Å². The van der Waals surface area contributed by atoms with Gasteiger partial charge in [0.15, 0.2) is 0 Å². The first-order valence-electron chi connectivity index (χ1n) is 17.1. The summed E-state index contributed by atoms with van der Waals surface area (Å²) in [5, 5.41) is 0. The standard InChI is InChI=1S/C41H49N3O6/c1-29(26-44(36(46)49-38(2,3)4)37(47)50-39(5,6)7)24-33-25-40(33,35(45)48-8)34-27-43(28-42-34)41(30-18-12-9-13-19-30,31-20-14-10-15-21-31)32-22-16-11-17-23-32/h9-23,27-29,33H,24-26H2,1-8H3. The highest BCUT2D eigenvalue weighted by atomic mass is 16.6. The molecular formula is C41H49N3O6. The van der Waals surface area contributed by atoms with Crippen molar-refractivity contribution in [2.24, 2.45) is 11.8 Å². The molecule has 9 heteroatoms. The molecule has 4 aromatic rings. The average Bonchev–Trinajstić information content (AvgIpc) is 3.56. The van der Waals surface area contributed by atoms with Gasteiger partial charge in [0, 0.05) is 12.7 Å². The molecule has 0 bridgehead atoms. The molecule has 2 amide bonds. The maximum absolute atomic E-state index is 13.7. The molecule has 1 aliphatic carbocycles. The molecule has 1 saturated carbocycles. The van der Waals surface area contributed by atoms with Crippen molar-refractivity contribution in [2.45, 2.75) is 83.5 Å².